The number of hydrogen-bond donors (Lipinski definition) is 3. The second-order valence-electron chi connectivity index (χ2n) is 8.29. The van der Waals surface area contributed by atoms with E-state index in [-0.39, 0.29) is 13.0 Å². The Balaban J connectivity index is 2.98. The molecule has 1 aliphatic heterocycles. The minimum atomic E-state index is -1.10. The molecule has 2 amide bonds. The molecule has 0 spiro atoms. The van der Waals surface area contributed by atoms with Gasteiger partial charge in [-0.2, -0.15) is 0 Å². The monoisotopic (exact) mass is 343 g/mol. The smallest absolute Gasteiger partial charge is 0.408 e. The molecule has 8 nitrogen and oxygen atoms in total. The fourth-order valence-electron chi connectivity index (χ4n) is 2.59. The van der Waals surface area contributed by atoms with E-state index >= 15 is 0 Å². The lowest BCUT2D eigenvalue weighted by atomic mass is 9.85. The first-order chi connectivity index (χ1) is 10.7. The molecule has 0 saturated carbocycles. The van der Waals surface area contributed by atoms with Crippen LogP contribution in [0.2, 0.25) is 0 Å². The van der Waals surface area contributed by atoms with Crippen LogP contribution < -0.4 is 11.1 Å². The third kappa shape index (κ3) is 5.36. The van der Waals surface area contributed by atoms with Gasteiger partial charge in [0.2, 0.25) is 5.91 Å². The summed E-state index contributed by atoms with van der Waals surface area (Å²) in [6.45, 7) is 10.7. The minimum absolute atomic E-state index is 0.151. The summed E-state index contributed by atoms with van der Waals surface area (Å²) >= 11 is 0. The molecule has 4 N–H and O–H groups in total. The number of nitrogens with two attached hydrogens (primary N) is 1. The van der Waals surface area contributed by atoms with Crippen molar-refractivity contribution in [1.29, 1.82) is 0 Å². The zero-order valence-electron chi connectivity index (χ0n) is 15.3. The number of aliphatic carboxylic acids is 1. The molecule has 0 bridgehead atoms. The standard InChI is InChI=1S/C16H29N3O5/c1-15(2,3)11(18-14(23)24-16(4,5)6)12(20)19-8-9(17)7-10(19)13(21)22/h9-11H,7-8,17H2,1-6H3,(H,18,23)(H,21,22)/t9-,10+,11-/m1/s1. The third-order valence-electron chi connectivity index (χ3n) is 3.68. The van der Waals surface area contributed by atoms with Gasteiger partial charge in [-0.05, 0) is 32.6 Å². The molecule has 0 radical (unpaired) electrons. The Morgan fingerprint density at radius 1 is 1.21 bits per heavy atom. The van der Waals surface area contributed by atoms with Crippen LogP contribution >= 0.6 is 0 Å². The number of carboxylic acid groups (broad SMARTS) is 1. The van der Waals surface area contributed by atoms with Crippen molar-refractivity contribution in [3.8, 4) is 0 Å². The number of amides is 2. The Morgan fingerprint density at radius 2 is 1.75 bits per heavy atom. The van der Waals surface area contributed by atoms with Gasteiger partial charge in [-0.3, -0.25) is 4.79 Å². The summed E-state index contributed by atoms with van der Waals surface area (Å²) in [5, 5.41) is 11.9. The van der Waals surface area contributed by atoms with E-state index in [4.69, 9.17) is 10.5 Å². The van der Waals surface area contributed by atoms with Crippen molar-refractivity contribution in [3.63, 3.8) is 0 Å². The molecule has 24 heavy (non-hydrogen) atoms. The summed E-state index contributed by atoms with van der Waals surface area (Å²) in [6, 6.07) is -2.28. The molecule has 0 aromatic rings. The molecule has 1 heterocycles. The summed E-state index contributed by atoms with van der Waals surface area (Å²) in [7, 11) is 0. The van der Waals surface area contributed by atoms with E-state index in [1.54, 1.807) is 41.5 Å². The first-order valence-corrected chi connectivity index (χ1v) is 8.01. The fourth-order valence-corrected chi connectivity index (χ4v) is 2.59. The minimum Gasteiger partial charge on any atom is -0.480 e. The first-order valence-electron chi connectivity index (χ1n) is 8.01. The maximum Gasteiger partial charge on any atom is 0.408 e. The van der Waals surface area contributed by atoms with Crippen LogP contribution in [0, 0.1) is 5.41 Å². The number of nitrogens with one attached hydrogen (secondary N) is 1. The van der Waals surface area contributed by atoms with E-state index in [0.29, 0.717) is 0 Å². The molecule has 1 saturated heterocycles. The van der Waals surface area contributed by atoms with E-state index in [1.807, 2.05) is 0 Å². The van der Waals surface area contributed by atoms with Crippen LogP contribution in [-0.4, -0.2) is 58.2 Å². The number of nitrogens with zero attached hydrogens (tertiary/aromatic N) is 1. The topological polar surface area (TPSA) is 122 Å². The highest BCUT2D eigenvalue weighted by molar-refractivity contribution is 5.90. The van der Waals surface area contributed by atoms with Crippen LogP contribution in [0.1, 0.15) is 48.0 Å². The van der Waals surface area contributed by atoms with Gasteiger partial charge in [0.05, 0.1) is 0 Å². The Labute approximate surface area is 142 Å². The number of rotatable bonds is 3. The SMILES string of the molecule is CC(C)(C)OC(=O)N[C@H](C(=O)N1C[C@H](N)C[C@H]1C(=O)O)C(C)(C)C. The zero-order chi connectivity index (χ0) is 18.9. The molecule has 1 fully saturated rings. The summed E-state index contributed by atoms with van der Waals surface area (Å²) in [6.07, 6.45) is -0.518. The van der Waals surface area contributed by atoms with Gasteiger partial charge in [-0.25, -0.2) is 9.59 Å². The number of hydrogen-bond acceptors (Lipinski definition) is 5. The Morgan fingerprint density at radius 3 is 2.17 bits per heavy atom. The predicted octanol–water partition coefficient (Wildman–Crippen LogP) is 0.939. The average Bonchev–Trinajstić information content (AvgIpc) is 2.74. The van der Waals surface area contributed by atoms with Crippen LogP contribution in [0.3, 0.4) is 0 Å². The largest absolute Gasteiger partial charge is 0.480 e. The number of alkyl carbamates (subject to hydrolysis) is 1. The lowest BCUT2D eigenvalue weighted by Gasteiger charge is -2.35. The number of carbonyl (C=O) groups is 3. The molecule has 1 rings (SSSR count). The summed E-state index contributed by atoms with van der Waals surface area (Å²) in [5.74, 6) is -1.56. The first kappa shape index (κ1) is 20.2. The Hall–Kier alpha value is -1.83. The van der Waals surface area contributed by atoms with Gasteiger partial charge < -0.3 is 25.8 Å². The van der Waals surface area contributed by atoms with Gasteiger partial charge in [-0.15, -0.1) is 0 Å². The van der Waals surface area contributed by atoms with Gasteiger partial charge in [0.25, 0.3) is 0 Å². The van der Waals surface area contributed by atoms with Gasteiger partial charge >= 0.3 is 12.1 Å². The molecule has 3 atom stereocenters. The van der Waals surface area contributed by atoms with Crippen LogP contribution in [-0.2, 0) is 14.3 Å². The quantitative estimate of drug-likeness (QED) is 0.701. The van der Waals surface area contributed by atoms with Crippen molar-refractivity contribution < 1.29 is 24.2 Å². The van der Waals surface area contributed by atoms with Crippen molar-refractivity contribution in [2.45, 2.75) is 71.7 Å². The summed E-state index contributed by atoms with van der Waals surface area (Å²) in [4.78, 5) is 37.6. The second-order valence-corrected chi connectivity index (χ2v) is 8.29. The highest BCUT2D eigenvalue weighted by Crippen LogP contribution is 2.26. The molecule has 0 aromatic heterocycles. The molecular weight excluding hydrogens is 314 g/mol. The van der Waals surface area contributed by atoms with E-state index in [9.17, 15) is 19.5 Å². The van der Waals surface area contributed by atoms with Gasteiger partial charge in [0, 0.05) is 12.6 Å². The number of likely N-dealkylation sites (tertiary alicyclic amines) is 1. The Kier molecular flexibility index (Phi) is 5.86. The number of ether oxygens (including phenoxy) is 1. The van der Waals surface area contributed by atoms with E-state index in [1.165, 1.54) is 4.90 Å². The molecule has 8 heteroatoms. The average molecular weight is 343 g/mol. The fraction of sp³-hybridized carbons (Fsp3) is 0.812. The molecular formula is C16H29N3O5. The maximum atomic E-state index is 12.9. The number of carbonyl (C=O) groups excluding carboxylic acids is 2. The van der Waals surface area contributed by atoms with Crippen LogP contribution in [0.5, 0.6) is 0 Å². The van der Waals surface area contributed by atoms with E-state index in [0.717, 1.165) is 0 Å². The molecule has 0 unspecified atom stereocenters. The highest BCUT2D eigenvalue weighted by Gasteiger charge is 2.44. The van der Waals surface area contributed by atoms with Crippen molar-refractivity contribution >= 4 is 18.0 Å². The summed E-state index contributed by atoms with van der Waals surface area (Å²) < 4.78 is 5.21. The molecule has 0 aliphatic carbocycles. The predicted molar refractivity (Wildman–Crippen MR) is 88.3 cm³/mol. The highest BCUT2D eigenvalue weighted by atomic mass is 16.6. The van der Waals surface area contributed by atoms with Crippen molar-refractivity contribution in [2.24, 2.45) is 11.1 Å². The van der Waals surface area contributed by atoms with Gasteiger partial charge in [0.1, 0.15) is 17.7 Å². The lowest BCUT2D eigenvalue weighted by Crippen LogP contribution is -2.57. The normalized spacial score (nSPS) is 22.9. The van der Waals surface area contributed by atoms with Crippen LogP contribution in [0.15, 0.2) is 0 Å². The zero-order valence-corrected chi connectivity index (χ0v) is 15.3. The van der Waals surface area contributed by atoms with E-state index in [2.05, 4.69) is 5.32 Å². The van der Waals surface area contributed by atoms with Crippen LogP contribution in [0.4, 0.5) is 4.79 Å². The van der Waals surface area contributed by atoms with Crippen molar-refractivity contribution in [3.05, 3.63) is 0 Å². The van der Waals surface area contributed by atoms with Crippen molar-refractivity contribution in [2.75, 3.05) is 6.54 Å². The summed E-state index contributed by atoms with van der Waals surface area (Å²) in [5.41, 5.74) is 4.50. The molecule has 1 aliphatic rings. The Bertz CT molecular complexity index is 507. The maximum absolute atomic E-state index is 12.9. The third-order valence-corrected chi connectivity index (χ3v) is 3.68. The number of carboxylic acids is 1. The van der Waals surface area contributed by atoms with Crippen LogP contribution in [0.25, 0.3) is 0 Å². The molecule has 138 valence electrons. The van der Waals surface area contributed by atoms with Gasteiger partial charge in [0.15, 0.2) is 0 Å². The van der Waals surface area contributed by atoms with Crippen molar-refractivity contribution in [1.82, 2.24) is 10.2 Å². The second kappa shape index (κ2) is 6.96. The lowest BCUT2D eigenvalue weighted by molar-refractivity contribution is -0.150. The van der Waals surface area contributed by atoms with E-state index < -0.39 is 47.1 Å². The van der Waals surface area contributed by atoms with Gasteiger partial charge in [-0.1, -0.05) is 20.8 Å². The molecule has 0 aromatic carbocycles.